The van der Waals surface area contributed by atoms with Gasteiger partial charge in [0, 0.05) is 18.1 Å². The maximum Gasteiger partial charge on any atom is 0.333 e. The molecule has 2 bridgehead atoms. The van der Waals surface area contributed by atoms with Crippen LogP contribution in [-0.4, -0.2) is 42.1 Å². The molecule has 6 nitrogen and oxygen atoms in total. The number of carbonyl (C=O) groups is 2. The molecule has 0 aromatic rings. The zero-order chi connectivity index (χ0) is 16.4. The number of rotatable bonds is 6. The molecular weight excluding hydrogens is 288 g/mol. The normalized spacial score (nSPS) is 34.3. The summed E-state index contributed by atoms with van der Waals surface area (Å²) in [5.41, 5.74) is 0.277. The lowest BCUT2D eigenvalue weighted by Gasteiger charge is -2.32. The number of hydrogen-bond donors (Lipinski definition) is 1. The quantitative estimate of drug-likeness (QED) is 0.454. The molecule has 2 aliphatic carbocycles. The van der Waals surface area contributed by atoms with E-state index < -0.39 is 24.5 Å². The van der Waals surface area contributed by atoms with Gasteiger partial charge in [0.2, 0.25) is 0 Å². The summed E-state index contributed by atoms with van der Waals surface area (Å²) in [6, 6.07) is 0. The Morgan fingerprint density at radius 2 is 2.05 bits per heavy atom. The number of ether oxygens (including phenoxy) is 3. The van der Waals surface area contributed by atoms with E-state index in [2.05, 4.69) is 6.58 Å². The van der Waals surface area contributed by atoms with Gasteiger partial charge in [-0.1, -0.05) is 6.58 Å². The van der Waals surface area contributed by atoms with Crippen LogP contribution in [0.5, 0.6) is 0 Å². The number of hydrogen-bond acceptors (Lipinski definition) is 6. The molecule has 2 saturated carbocycles. The van der Waals surface area contributed by atoms with Gasteiger partial charge in [-0.05, 0) is 39.5 Å². The number of aliphatic hydroxyl groups is 1. The summed E-state index contributed by atoms with van der Waals surface area (Å²) in [5.74, 6) is -1.49. The van der Waals surface area contributed by atoms with E-state index >= 15 is 0 Å². The molecular formula is C16H24O6. The molecule has 124 valence electrons. The monoisotopic (exact) mass is 312 g/mol. The third-order valence-electron chi connectivity index (χ3n) is 4.47. The van der Waals surface area contributed by atoms with Crippen LogP contribution < -0.4 is 0 Å². The van der Waals surface area contributed by atoms with Crippen LogP contribution in [0, 0.1) is 17.8 Å². The van der Waals surface area contributed by atoms with Gasteiger partial charge in [0.1, 0.15) is 6.10 Å². The Morgan fingerprint density at radius 3 is 2.59 bits per heavy atom. The predicted octanol–water partition coefficient (Wildman–Crippen LogP) is 1.42. The van der Waals surface area contributed by atoms with Crippen molar-refractivity contribution < 1.29 is 28.9 Å². The van der Waals surface area contributed by atoms with Gasteiger partial charge in [0.25, 0.3) is 0 Å². The Labute approximate surface area is 130 Å². The minimum absolute atomic E-state index is 0.0344. The minimum atomic E-state index is -0.721. The summed E-state index contributed by atoms with van der Waals surface area (Å²) in [6.07, 6.45) is -0.759. The topological polar surface area (TPSA) is 82.1 Å². The Balaban J connectivity index is 2.00. The van der Waals surface area contributed by atoms with E-state index in [1.165, 1.54) is 0 Å². The van der Waals surface area contributed by atoms with Gasteiger partial charge < -0.3 is 19.3 Å². The second-order valence-electron chi connectivity index (χ2n) is 6.10. The first-order chi connectivity index (χ1) is 10.3. The van der Waals surface area contributed by atoms with E-state index in [1.54, 1.807) is 13.8 Å². The first-order valence-corrected chi connectivity index (χ1v) is 7.71. The van der Waals surface area contributed by atoms with Crippen LogP contribution in [0.15, 0.2) is 12.2 Å². The largest absolute Gasteiger partial charge is 0.456 e. The number of fused-ring (bicyclic) bond motifs is 2. The van der Waals surface area contributed by atoms with Crippen molar-refractivity contribution in [3.63, 3.8) is 0 Å². The third-order valence-corrected chi connectivity index (χ3v) is 4.47. The molecule has 0 spiro atoms. The molecule has 0 heterocycles. The summed E-state index contributed by atoms with van der Waals surface area (Å²) in [6.45, 7) is 9.04. The second kappa shape index (κ2) is 6.79. The molecule has 0 aromatic carbocycles. The third kappa shape index (κ3) is 3.33. The molecule has 0 saturated heterocycles. The van der Waals surface area contributed by atoms with Crippen molar-refractivity contribution >= 4 is 11.9 Å². The van der Waals surface area contributed by atoms with E-state index in [-0.39, 0.29) is 29.3 Å². The van der Waals surface area contributed by atoms with Gasteiger partial charge in [-0.3, -0.25) is 4.79 Å². The molecule has 22 heavy (non-hydrogen) atoms. The van der Waals surface area contributed by atoms with Crippen molar-refractivity contribution in [2.45, 2.75) is 52.1 Å². The summed E-state index contributed by atoms with van der Waals surface area (Å²) in [4.78, 5) is 23.9. The fraction of sp³-hybridized carbons (Fsp3) is 0.750. The Bertz CT molecular complexity index is 460. The summed E-state index contributed by atoms with van der Waals surface area (Å²) in [5, 5.41) is 10.2. The van der Waals surface area contributed by atoms with Gasteiger partial charge in [-0.2, -0.15) is 0 Å². The van der Waals surface area contributed by atoms with Crippen molar-refractivity contribution in [2.75, 3.05) is 6.61 Å². The van der Waals surface area contributed by atoms with Crippen LogP contribution >= 0.6 is 0 Å². The van der Waals surface area contributed by atoms with Crippen LogP contribution in [0.2, 0.25) is 0 Å². The van der Waals surface area contributed by atoms with Crippen LogP contribution in [0.25, 0.3) is 0 Å². The van der Waals surface area contributed by atoms with Crippen LogP contribution in [0.1, 0.15) is 33.6 Å². The minimum Gasteiger partial charge on any atom is -0.456 e. The fourth-order valence-electron chi connectivity index (χ4n) is 3.45. The average molecular weight is 312 g/mol. The first-order valence-electron chi connectivity index (χ1n) is 7.71. The number of carbonyl (C=O) groups excluding carboxylic acids is 2. The van der Waals surface area contributed by atoms with E-state index in [4.69, 9.17) is 14.2 Å². The average Bonchev–Trinajstić information content (AvgIpc) is 2.99. The van der Waals surface area contributed by atoms with E-state index in [0.717, 1.165) is 0 Å². The summed E-state index contributed by atoms with van der Waals surface area (Å²) >= 11 is 0. The van der Waals surface area contributed by atoms with E-state index in [1.807, 2.05) is 6.92 Å². The predicted molar refractivity (Wildman–Crippen MR) is 77.6 cm³/mol. The molecule has 0 radical (unpaired) electrons. The highest BCUT2D eigenvalue weighted by molar-refractivity contribution is 5.87. The summed E-state index contributed by atoms with van der Waals surface area (Å²) < 4.78 is 15.8. The van der Waals surface area contributed by atoms with Crippen molar-refractivity contribution in [1.29, 1.82) is 0 Å². The van der Waals surface area contributed by atoms with Gasteiger partial charge in [0.05, 0.1) is 12.0 Å². The molecule has 6 unspecified atom stereocenters. The smallest absolute Gasteiger partial charge is 0.333 e. The highest BCUT2D eigenvalue weighted by Crippen LogP contribution is 2.50. The number of aliphatic hydroxyl groups excluding tert-OH is 1. The van der Waals surface area contributed by atoms with Crippen LogP contribution in [0.4, 0.5) is 0 Å². The SMILES string of the molecule is C=C(C)C(=O)OC1C(O)C2CC(C(=O)OC(C)OCC)C1C2. The van der Waals surface area contributed by atoms with E-state index in [0.29, 0.717) is 19.4 Å². The standard InChI is InChI=1S/C16H24O6/c1-5-20-9(4)21-16(19)12-7-10-6-11(12)14(13(10)17)22-15(18)8(2)3/h9-14,17H,2,5-7H2,1,3-4H3. The van der Waals surface area contributed by atoms with Crippen molar-refractivity contribution in [2.24, 2.45) is 17.8 Å². The highest BCUT2D eigenvalue weighted by atomic mass is 16.7. The lowest BCUT2D eigenvalue weighted by atomic mass is 9.85. The molecule has 2 rings (SSSR count). The van der Waals surface area contributed by atoms with Crippen molar-refractivity contribution in [3.8, 4) is 0 Å². The molecule has 1 N–H and O–H groups in total. The Hall–Kier alpha value is -1.40. The molecule has 0 aliphatic heterocycles. The number of esters is 2. The van der Waals surface area contributed by atoms with Gasteiger partial charge in [-0.25, -0.2) is 4.79 Å². The zero-order valence-electron chi connectivity index (χ0n) is 13.3. The molecule has 2 aliphatic rings. The highest BCUT2D eigenvalue weighted by Gasteiger charge is 2.56. The molecule has 2 fully saturated rings. The second-order valence-corrected chi connectivity index (χ2v) is 6.10. The fourth-order valence-corrected chi connectivity index (χ4v) is 3.45. The Kier molecular flexibility index (Phi) is 5.24. The first kappa shape index (κ1) is 17.0. The van der Waals surface area contributed by atoms with Crippen LogP contribution in [0.3, 0.4) is 0 Å². The molecule has 0 amide bonds. The molecule has 6 atom stereocenters. The van der Waals surface area contributed by atoms with Crippen molar-refractivity contribution in [1.82, 2.24) is 0 Å². The molecule has 0 aromatic heterocycles. The maximum atomic E-state index is 12.3. The van der Waals surface area contributed by atoms with Crippen LogP contribution in [-0.2, 0) is 23.8 Å². The van der Waals surface area contributed by atoms with Gasteiger partial charge in [-0.15, -0.1) is 0 Å². The zero-order valence-corrected chi connectivity index (χ0v) is 13.3. The maximum absolute atomic E-state index is 12.3. The van der Waals surface area contributed by atoms with Gasteiger partial charge in [0.15, 0.2) is 6.29 Å². The lowest BCUT2D eigenvalue weighted by molar-refractivity contribution is -0.186. The van der Waals surface area contributed by atoms with Gasteiger partial charge >= 0.3 is 11.9 Å². The van der Waals surface area contributed by atoms with Crippen molar-refractivity contribution in [3.05, 3.63) is 12.2 Å². The van der Waals surface area contributed by atoms with E-state index in [9.17, 15) is 14.7 Å². The lowest BCUT2D eigenvalue weighted by Crippen LogP contribution is -2.43. The Morgan fingerprint density at radius 1 is 1.36 bits per heavy atom. The summed E-state index contributed by atoms with van der Waals surface area (Å²) in [7, 11) is 0. The molecule has 6 heteroatoms.